The highest BCUT2D eigenvalue weighted by molar-refractivity contribution is 5.94. The Hall–Kier alpha value is -2.63. The summed E-state index contributed by atoms with van der Waals surface area (Å²) in [7, 11) is 0. The second-order valence-electron chi connectivity index (χ2n) is 5.16. The van der Waals surface area contributed by atoms with Crippen LogP contribution in [0.5, 0.6) is 0 Å². The third-order valence-electron chi connectivity index (χ3n) is 3.43. The molecule has 0 atom stereocenters. The lowest BCUT2D eigenvalue weighted by Crippen LogP contribution is -2.27. The maximum absolute atomic E-state index is 12.0. The molecular formula is C16H18N4O2. The predicted octanol–water partition coefficient (Wildman–Crippen LogP) is 2.53. The lowest BCUT2D eigenvalue weighted by atomic mass is 10.2. The van der Waals surface area contributed by atoms with E-state index in [1.54, 1.807) is 6.92 Å². The van der Waals surface area contributed by atoms with E-state index in [2.05, 4.69) is 15.5 Å². The molecule has 0 aliphatic heterocycles. The molecule has 114 valence electrons. The average Bonchev–Trinajstić information content (AvgIpc) is 3.10. The number of carbonyl (C=O) groups is 1. The van der Waals surface area contributed by atoms with Gasteiger partial charge in [0, 0.05) is 30.6 Å². The van der Waals surface area contributed by atoms with Crippen LogP contribution in [0.15, 0.2) is 34.9 Å². The number of aromatic nitrogens is 3. The number of nitrogens with one attached hydrogen (secondary N) is 1. The fourth-order valence-electron chi connectivity index (χ4n) is 2.43. The van der Waals surface area contributed by atoms with E-state index in [-0.39, 0.29) is 12.5 Å². The number of amides is 1. The fourth-order valence-corrected chi connectivity index (χ4v) is 2.43. The summed E-state index contributed by atoms with van der Waals surface area (Å²) in [5, 5.41) is 11.8. The van der Waals surface area contributed by atoms with Crippen molar-refractivity contribution in [3.05, 3.63) is 36.4 Å². The van der Waals surface area contributed by atoms with Crippen molar-refractivity contribution in [2.45, 2.75) is 26.8 Å². The summed E-state index contributed by atoms with van der Waals surface area (Å²) in [6, 6.07) is 7.88. The molecular weight excluding hydrogens is 280 g/mol. The maximum Gasteiger partial charge on any atom is 0.249 e. The summed E-state index contributed by atoms with van der Waals surface area (Å²) >= 11 is 0. The Morgan fingerprint density at radius 2 is 2.14 bits per heavy atom. The molecule has 0 saturated heterocycles. The van der Waals surface area contributed by atoms with Crippen molar-refractivity contribution in [2.24, 2.45) is 0 Å². The first-order chi connectivity index (χ1) is 10.7. The number of nitrogens with zero attached hydrogens (tertiary/aromatic N) is 3. The second-order valence-corrected chi connectivity index (χ2v) is 5.16. The first-order valence-corrected chi connectivity index (χ1v) is 7.34. The first kappa shape index (κ1) is 14.3. The first-order valence-electron chi connectivity index (χ1n) is 7.34. The molecule has 1 aromatic carbocycles. The van der Waals surface area contributed by atoms with E-state index in [4.69, 9.17) is 4.42 Å². The highest BCUT2D eigenvalue weighted by Crippen LogP contribution is 2.29. The molecule has 6 nitrogen and oxygen atoms in total. The van der Waals surface area contributed by atoms with Crippen molar-refractivity contribution in [2.75, 3.05) is 6.54 Å². The van der Waals surface area contributed by atoms with Crippen LogP contribution in [-0.2, 0) is 11.3 Å². The van der Waals surface area contributed by atoms with Crippen LogP contribution >= 0.6 is 0 Å². The summed E-state index contributed by atoms with van der Waals surface area (Å²) in [5.74, 6) is 0.991. The largest absolute Gasteiger partial charge is 0.421 e. The van der Waals surface area contributed by atoms with Gasteiger partial charge >= 0.3 is 0 Å². The van der Waals surface area contributed by atoms with Crippen LogP contribution in [0.2, 0.25) is 0 Å². The molecule has 0 spiro atoms. The Morgan fingerprint density at radius 3 is 2.86 bits per heavy atom. The molecule has 6 heteroatoms. The van der Waals surface area contributed by atoms with Gasteiger partial charge in [0.15, 0.2) is 0 Å². The molecule has 1 amide bonds. The Bertz CT molecular complexity index is 803. The second kappa shape index (κ2) is 6.01. The number of rotatable bonds is 5. The third kappa shape index (κ3) is 2.72. The lowest BCUT2D eigenvalue weighted by molar-refractivity contribution is -0.121. The van der Waals surface area contributed by atoms with Crippen LogP contribution in [-0.4, -0.2) is 27.2 Å². The van der Waals surface area contributed by atoms with Crippen molar-refractivity contribution >= 4 is 16.8 Å². The Labute approximate surface area is 128 Å². The van der Waals surface area contributed by atoms with Crippen LogP contribution in [0, 0.1) is 6.92 Å². The monoisotopic (exact) mass is 298 g/mol. The number of para-hydroxylation sites is 1. The van der Waals surface area contributed by atoms with Crippen molar-refractivity contribution in [1.29, 1.82) is 0 Å². The summed E-state index contributed by atoms with van der Waals surface area (Å²) in [6.07, 6.45) is 2.81. The van der Waals surface area contributed by atoms with Gasteiger partial charge in [-0.25, -0.2) is 0 Å². The molecule has 2 aromatic heterocycles. The number of hydrogen-bond acceptors (Lipinski definition) is 4. The molecule has 0 fully saturated rings. The van der Waals surface area contributed by atoms with E-state index in [1.165, 1.54) is 0 Å². The van der Waals surface area contributed by atoms with Gasteiger partial charge in [-0.1, -0.05) is 25.1 Å². The van der Waals surface area contributed by atoms with Crippen molar-refractivity contribution in [1.82, 2.24) is 20.1 Å². The molecule has 22 heavy (non-hydrogen) atoms. The highest BCUT2D eigenvalue weighted by Gasteiger charge is 2.15. The Kier molecular flexibility index (Phi) is 3.91. The quantitative estimate of drug-likeness (QED) is 0.785. The summed E-state index contributed by atoms with van der Waals surface area (Å²) in [4.78, 5) is 12.0. The molecule has 1 N–H and O–H groups in total. The number of benzene rings is 1. The smallest absolute Gasteiger partial charge is 0.249 e. The average molecular weight is 298 g/mol. The van der Waals surface area contributed by atoms with Gasteiger partial charge in [-0.3, -0.25) is 4.79 Å². The minimum Gasteiger partial charge on any atom is -0.421 e. The predicted molar refractivity (Wildman–Crippen MR) is 83.3 cm³/mol. The molecule has 0 unspecified atom stereocenters. The third-order valence-corrected chi connectivity index (χ3v) is 3.43. The van der Waals surface area contributed by atoms with Gasteiger partial charge in [-0.2, -0.15) is 0 Å². The van der Waals surface area contributed by atoms with Crippen LogP contribution < -0.4 is 5.32 Å². The van der Waals surface area contributed by atoms with Crippen molar-refractivity contribution < 1.29 is 9.21 Å². The van der Waals surface area contributed by atoms with Crippen LogP contribution in [0.25, 0.3) is 22.4 Å². The topological polar surface area (TPSA) is 73.0 Å². The summed E-state index contributed by atoms with van der Waals surface area (Å²) in [6.45, 7) is 4.75. The fraction of sp³-hybridized carbons (Fsp3) is 0.312. The highest BCUT2D eigenvalue weighted by atomic mass is 16.4. The van der Waals surface area contributed by atoms with E-state index in [0.717, 1.165) is 22.9 Å². The zero-order valence-corrected chi connectivity index (χ0v) is 12.7. The van der Waals surface area contributed by atoms with Crippen molar-refractivity contribution in [3.63, 3.8) is 0 Å². The van der Waals surface area contributed by atoms with Gasteiger partial charge in [0.05, 0.1) is 5.56 Å². The molecule has 0 radical (unpaired) electrons. The van der Waals surface area contributed by atoms with Gasteiger partial charge in [0.25, 0.3) is 0 Å². The summed E-state index contributed by atoms with van der Waals surface area (Å²) in [5.41, 5.74) is 1.82. The van der Waals surface area contributed by atoms with E-state index in [1.807, 2.05) is 42.0 Å². The van der Waals surface area contributed by atoms with Crippen LogP contribution in [0.4, 0.5) is 0 Å². The van der Waals surface area contributed by atoms with Gasteiger partial charge in [0.1, 0.15) is 6.54 Å². The minimum absolute atomic E-state index is 0.00383. The molecule has 0 saturated carbocycles. The van der Waals surface area contributed by atoms with Gasteiger partial charge in [-0.05, 0) is 12.5 Å². The molecule has 3 rings (SSSR count). The Morgan fingerprint density at radius 1 is 1.32 bits per heavy atom. The Balaban J connectivity index is 1.99. The van der Waals surface area contributed by atoms with Crippen LogP contribution in [0.3, 0.4) is 0 Å². The lowest BCUT2D eigenvalue weighted by Gasteiger charge is -2.05. The normalized spacial score (nSPS) is 11.0. The van der Waals surface area contributed by atoms with E-state index in [0.29, 0.717) is 18.3 Å². The van der Waals surface area contributed by atoms with Gasteiger partial charge < -0.3 is 14.3 Å². The molecule has 0 bridgehead atoms. The molecule has 0 aliphatic rings. The van der Waals surface area contributed by atoms with Crippen molar-refractivity contribution in [3.8, 4) is 11.5 Å². The number of carbonyl (C=O) groups excluding carboxylic acids is 1. The SMILES string of the molecule is CCCNC(=O)Cn1cc(-c2nnc(C)o2)c2ccccc21. The van der Waals surface area contributed by atoms with Gasteiger partial charge in [-0.15, -0.1) is 10.2 Å². The van der Waals surface area contributed by atoms with Crippen LogP contribution in [0.1, 0.15) is 19.2 Å². The minimum atomic E-state index is -0.00383. The molecule has 2 heterocycles. The van der Waals surface area contributed by atoms with E-state index in [9.17, 15) is 4.79 Å². The maximum atomic E-state index is 12.0. The zero-order valence-electron chi connectivity index (χ0n) is 12.7. The number of hydrogen-bond donors (Lipinski definition) is 1. The van der Waals surface area contributed by atoms with E-state index >= 15 is 0 Å². The number of aryl methyl sites for hydroxylation is 1. The number of fused-ring (bicyclic) bond motifs is 1. The van der Waals surface area contributed by atoms with E-state index < -0.39 is 0 Å². The standard InChI is InChI=1S/C16H18N4O2/c1-3-8-17-15(21)10-20-9-13(16-19-18-11(2)22-16)12-6-4-5-7-14(12)20/h4-7,9H,3,8,10H2,1-2H3,(H,17,21). The summed E-state index contributed by atoms with van der Waals surface area (Å²) < 4.78 is 7.44. The molecule has 0 aliphatic carbocycles. The van der Waals surface area contributed by atoms with Gasteiger partial charge in [0.2, 0.25) is 17.7 Å². The zero-order chi connectivity index (χ0) is 15.5. The molecule has 3 aromatic rings.